The van der Waals surface area contributed by atoms with Crippen molar-refractivity contribution in [2.24, 2.45) is 0 Å². The summed E-state index contributed by atoms with van der Waals surface area (Å²) in [5.41, 5.74) is 3.21. The third kappa shape index (κ3) is 1.61. The van der Waals surface area contributed by atoms with Gasteiger partial charge in [-0.3, -0.25) is 4.90 Å². The number of hydrogen-bond donors (Lipinski definition) is 0. The normalized spacial score (nSPS) is 13.1. The van der Waals surface area contributed by atoms with Crippen LogP contribution in [0.25, 0.3) is 43.2 Å². The van der Waals surface area contributed by atoms with Gasteiger partial charge >= 0.3 is 0 Å². The van der Waals surface area contributed by atoms with Crippen molar-refractivity contribution in [2.45, 2.75) is 0 Å². The second-order valence-electron chi connectivity index (χ2n) is 7.41. The molecule has 130 valence electrons. The number of hydrogen-bond acceptors (Lipinski definition) is 2. The number of aromatic nitrogens is 1. The minimum Gasteiger partial charge on any atom is -0.293 e. The quantitative estimate of drug-likeness (QED) is 0.288. The molecular formula is C25H13FN2. The first-order valence-corrected chi connectivity index (χ1v) is 9.35. The van der Waals surface area contributed by atoms with E-state index in [9.17, 15) is 4.39 Å². The predicted octanol–water partition coefficient (Wildman–Crippen LogP) is 7.05. The molecule has 28 heavy (non-hydrogen) atoms. The van der Waals surface area contributed by atoms with E-state index in [0.717, 1.165) is 33.2 Å². The van der Waals surface area contributed by atoms with E-state index in [1.54, 1.807) is 6.07 Å². The van der Waals surface area contributed by atoms with Gasteiger partial charge in [-0.25, -0.2) is 9.37 Å². The van der Waals surface area contributed by atoms with Gasteiger partial charge in [-0.15, -0.1) is 0 Å². The Balaban J connectivity index is 1.89. The summed E-state index contributed by atoms with van der Waals surface area (Å²) in [5.74, 6) is 0.641. The lowest BCUT2D eigenvalue weighted by Gasteiger charge is -2.35. The number of halogens is 1. The maximum absolute atomic E-state index is 14.0. The molecule has 4 aromatic carbocycles. The Morgan fingerprint density at radius 1 is 0.679 bits per heavy atom. The fourth-order valence-electron chi connectivity index (χ4n) is 4.78. The van der Waals surface area contributed by atoms with Crippen LogP contribution in [0.2, 0.25) is 0 Å². The third-order valence-electron chi connectivity index (χ3n) is 5.94. The van der Waals surface area contributed by atoms with Gasteiger partial charge in [0.05, 0.1) is 16.9 Å². The van der Waals surface area contributed by atoms with E-state index in [1.807, 2.05) is 12.1 Å². The van der Waals surface area contributed by atoms with Crippen LogP contribution in [-0.2, 0) is 0 Å². The van der Waals surface area contributed by atoms with Gasteiger partial charge in [-0.2, -0.15) is 0 Å². The molecule has 3 heterocycles. The lowest BCUT2D eigenvalue weighted by atomic mass is 9.93. The van der Waals surface area contributed by atoms with Crippen LogP contribution in [0, 0.1) is 5.82 Å². The van der Waals surface area contributed by atoms with E-state index in [1.165, 1.54) is 33.3 Å². The Morgan fingerprint density at radius 2 is 1.54 bits per heavy atom. The fraction of sp³-hybridized carbons (Fsp3) is 0. The van der Waals surface area contributed by atoms with Crippen molar-refractivity contribution in [3.8, 4) is 0 Å². The van der Waals surface area contributed by atoms with Crippen LogP contribution in [0.3, 0.4) is 0 Å². The first-order valence-electron chi connectivity index (χ1n) is 9.35. The van der Waals surface area contributed by atoms with E-state index in [0.29, 0.717) is 0 Å². The Labute approximate surface area is 159 Å². The largest absolute Gasteiger partial charge is 0.293 e. The van der Waals surface area contributed by atoms with Crippen LogP contribution < -0.4 is 4.90 Å². The van der Waals surface area contributed by atoms with Crippen LogP contribution in [0.1, 0.15) is 0 Å². The van der Waals surface area contributed by atoms with E-state index in [2.05, 4.69) is 59.5 Å². The van der Waals surface area contributed by atoms with Gasteiger partial charge in [0.15, 0.2) is 0 Å². The summed E-state index contributed by atoms with van der Waals surface area (Å²) >= 11 is 0. The molecule has 7 rings (SSSR count). The topological polar surface area (TPSA) is 16.1 Å². The highest BCUT2D eigenvalue weighted by Gasteiger charge is 2.30. The van der Waals surface area contributed by atoms with Gasteiger partial charge in [0.1, 0.15) is 11.6 Å². The molecule has 0 aromatic heterocycles. The molecular weight excluding hydrogens is 347 g/mol. The number of fused-ring (bicyclic) bond motifs is 5. The summed E-state index contributed by atoms with van der Waals surface area (Å²) in [6.07, 6.45) is 0. The van der Waals surface area contributed by atoms with Crippen molar-refractivity contribution in [3.63, 3.8) is 0 Å². The zero-order valence-corrected chi connectivity index (χ0v) is 14.8. The number of anilines is 3. The van der Waals surface area contributed by atoms with Crippen molar-refractivity contribution >= 4 is 60.4 Å². The molecule has 0 saturated carbocycles. The maximum Gasteiger partial charge on any atom is 0.146 e. The molecule has 3 heteroatoms. The summed E-state index contributed by atoms with van der Waals surface area (Å²) in [7, 11) is 0. The molecule has 2 nitrogen and oxygen atoms in total. The third-order valence-corrected chi connectivity index (χ3v) is 5.94. The Bertz CT molecular complexity index is 1590. The molecule has 0 bridgehead atoms. The fourth-order valence-corrected chi connectivity index (χ4v) is 4.78. The molecule has 0 amide bonds. The highest BCUT2D eigenvalue weighted by molar-refractivity contribution is 6.27. The van der Waals surface area contributed by atoms with Gasteiger partial charge in [0, 0.05) is 21.5 Å². The first-order chi connectivity index (χ1) is 13.8. The SMILES string of the molecule is Fc1ccc2c3nc4cccc5ccc6c(c54)N3c(cc2c1)c1ccccc16. The Kier molecular flexibility index (Phi) is 2.44. The van der Waals surface area contributed by atoms with Crippen LogP contribution in [0.4, 0.5) is 21.6 Å². The molecule has 0 N–H and O–H groups in total. The van der Waals surface area contributed by atoms with Gasteiger partial charge < -0.3 is 0 Å². The molecule has 0 unspecified atom stereocenters. The minimum absolute atomic E-state index is 0.229. The van der Waals surface area contributed by atoms with E-state index in [4.69, 9.17) is 4.98 Å². The summed E-state index contributed by atoms with van der Waals surface area (Å²) in [6.45, 7) is 0. The molecule has 0 atom stereocenters. The zero-order valence-electron chi connectivity index (χ0n) is 14.8. The van der Waals surface area contributed by atoms with E-state index < -0.39 is 0 Å². The zero-order chi connectivity index (χ0) is 18.4. The highest BCUT2D eigenvalue weighted by atomic mass is 19.1. The Hall–Kier alpha value is -3.72. The van der Waals surface area contributed by atoms with Crippen LogP contribution in [0.5, 0.6) is 0 Å². The van der Waals surface area contributed by atoms with Crippen LogP contribution in [0.15, 0.2) is 78.9 Å². The molecule has 0 fully saturated rings. The smallest absolute Gasteiger partial charge is 0.146 e. The predicted molar refractivity (Wildman–Crippen MR) is 114 cm³/mol. The van der Waals surface area contributed by atoms with Crippen molar-refractivity contribution in [2.75, 3.05) is 4.90 Å². The van der Waals surface area contributed by atoms with Crippen LogP contribution in [-0.4, -0.2) is 4.98 Å². The average molecular weight is 360 g/mol. The van der Waals surface area contributed by atoms with E-state index >= 15 is 0 Å². The second kappa shape index (κ2) is 4.76. The summed E-state index contributed by atoms with van der Waals surface area (Å²) in [6, 6.07) is 26.1. The molecule has 4 aromatic rings. The summed E-state index contributed by atoms with van der Waals surface area (Å²) in [5, 5.41) is 7.76. The van der Waals surface area contributed by atoms with Crippen molar-refractivity contribution in [1.29, 1.82) is 0 Å². The molecule has 0 saturated heterocycles. The highest BCUT2D eigenvalue weighted by Crippen LogP contribution is 2.53. The summed E-state index contributed by atoms with van der Waals surface area (Å²) < 4.78 is 14.0. The average Bonchev–Trinajstić information content (AvgIpc) is 2.73. The summed E-state index contributed by atoms with van der Waals surface area (Å²) in [4.78, 5) is 7.29. The maximum atomic E-state index is 14.0. The van der Waals surface area contributed by atoms with Crippen molar-refractivity contribution < 1.29 is 4.39 Å². The molecule has 3 aliphatic heterocycles. The first kappa shape index (κ1) is 14.4. The van der Waals surface area contributed by atoms with Gasteiger partial charge in [-0.1, -0.05) is 48.5 Å². The lowest BCUT2D eigenvalue weighted by molar-refractivity contribution is 0.630. The monoisotopic (exact) mass is 360 g/mol. The number of nitrogens with zero attached hydrogens (tertiary/aromatic N) is 2. The number of benzene rings is 4. The standard InChI is InChI=1S/C25H13FN2/c26-16-9-11-17-15(12-16)13-22-19-6-2-1-5-18(19)20-10-8-14-4-3-7-21-23(14)24(20)28(22)25(17)27-21/h1-13H. The molecule has 0 aliphatic carbocycles. The van der Waals surface area contributed by atoms with Crippen molar-refractivity contribution in [3.05, 3.63) is 84.7 Å². The molecule has 0 radical (unpaired) electrons. The second-order valence-corrected chi connectivity index (χ2v) is 7.41. The van der Waals surface area contributed by atoms with Gasteiger partial charge in [0.25, 0.3) is 0 Å². The Morgan fingerprint density at radius 3 is 2.46 bits per heavy atom. The van der Waals surface area contributed by atoms with Crippen molar-refractivity contribution in [1.82, 2.24) is 4.98 Å². The minimum atomic E-state index is -0.229. The van der Waals surface area contributed by atoms with Gasteiger partial charge in [0.2, 0.25) is 0 Å². The lowest BCUT2D eigenvalue weighted by Crippen LogP contribution is -2.18. The van der Waals surface area contributed by atoms with Crippen LogP contribution >= 0.6 is 0 Å². The van der Waals surface area contributed by atoms with Gasteiger partial charge in [-0.05, 0) is 46.5 Å². The molecule has 3 aliphatic rings. The number of rotatable bonds is 0. The molecule has 0 spiro atoms. The van der Waals surface area contributed by atoms with E-state index in [-0.39, 0.29) is 5.82 Å².